The molecule has 1 aliphatic rings. The molecule has 0 saturated carbocycles. The standard InChI is InChI=1S/C26H30N4O3S/c1-5-18-7-9-19(10-8-18)23-22(17(2)30(26(34)27-23)15-6-16-31-3)25-28-24(29-33-25)20-11-13-21(32-4)14-12-20/h7-14,23H,5-6,15-16H2,1-4H3,(H,27,34). The summed E-state index contributed by atoms with van der Waals surface area (Å²) in [6, 6.07) is 16.0. The van der Waals surface area contributed by atoms with E-state index in [0.29, 0.717) is 23.4 Å². The Kier molecular flexibility index (Phi) is 7.59. The second-order valence-corrected chi connectivity index (χ2v) is 8.51. The minimum absolute atomic E-state index is 0.193. The molecule has 3 aromatic rings. The van der Waals surface area contributed by atoms with Gasteiger partial charge in [-0.3, -0.25) is 0 Å². The van der Waals surface area contributed by atoms with E-state index in [1.807, 2.05) is 24.3 Å². The fourth-order valence-corrected chi connectivity index (χ4v) is 4.43. The van der Waals surface area contributed by atoms with Gasteiger partial charge in [-0.2, -0.15) is 4.98 Å². The number of rotatable bonds is 9. The highest BCUT2D eigenvalue weighted by Gasteiger charge is 2.33. The molecule has 34 heavy (non-hydrogen) atoms. The van der Waals surface area contributed by atoms with Crippen LogP contribution in [-0.4, -0.2) is 47.5 Å². The van der Waals surface area contributed by atoms with Crippen molar-refractivity contribution in [2.75, 3.05) is 27.4 Å². The molecule has 1 unspecified atom stereocenters. The Balaban J connectivity index is 1.74. The highest BCUT2D eigenvalue weighted by Crippen LogP contribution is 2.37. The summed E-state index contributed by atoms with van der Waals surface area (Å²) in [7, 11) is 3.35. The zero-order valence-electron chi connectivity index (χ0n) is 20.0. The largest absolute Gasteiger partial charge is 0.497 e. The zero-order valence-corrected chi connectivity index (χ0v) is 20.8. The van der Waals surface area contributed by atoms with Crippen LogP contribution >= 0.6 is 12.2 Å². The van der Waals surface area contributed by atoms with Gasteiger partial charge in [0.25, 0.3) is 5.89 Å². The lowest BCUT2D eigenvalue weighted by Crippen LogP contribution is -2.46. The predicted molar refractivity (Wildman–Crippen MR) is 136 cm³/mol. The molecule has 1 N–H and O–H groups in total. The van der Waals surface area contributed by atoms with Gasteiger partial charge >= 0.3 is 0 Å². The maximum absolute atomic E-state index is 5.81. The number of aryl methyl sites for hydroxylation is 1. The lowest BCUT2D eigenvalue weighted by atomic mass is 9.94. The fraction of sp³-hybridized carbons (Fsp3) is 0.346. The van der Waals surface area contributed by atoms with Crippen LogP contribution < -0.4 is 10.1 Å². The average Bonchev–Trinajstić information content (AvgIpc) is 3.35. The van der Waals surface area contributed by atoms with Crippen LogP contribution in [0.1, 0.15) is 43.3 Å². The summed E-state index contributed by atoms with van der Waals surface area (Å²) in [5, 5.41) is 8.45. The molecule has 7 nitrogen and oxygen atoms in total. The summed E-state index contributed by atoms with van der Waals surface area (Å²) in [6.07, 6.45) is 1.83. The maximum Gasteiger partial charge on any atom is 0.258 e. The van der Waals surface area contributed by atoms with Crippen LogP contribution in [0, 0.1) is 0 Å². The van der Waals surface area contributed by atoms with Gasteiger partial charge in [-0.15, -0.1) is 0 Å². The Labute approximate surface area is 205 Å². The Hall–Kier alpha value is -3.23. The second-order valence-electron chi connectivity index (χ2n) is 8.13. The van der Waals surface area contributed by atoms with E-state index in [4.69, 9.17) is 31.2 Å². The molecule has 1 aromatic heterocycles. The molecule has 178 valence electrons. The van der Waals surface area contributed by atoms with E-state index in [1.165, 1.54) is 5.56 Å². The van der Waals surface area contributed by atoms with E-state index in [-0.39, 0.29) is 6.04 Å². The Morgan fingerprint density at radius 2 is 1.82 bits per heavy atom. The number of methoxy groups -OCH3 is 2. The van der Waals surface area contributed by atoms with Crippen LogP contribution in [0.2, 0.25) is 0 Å². The molecule has 0 amide bonds. The molecule has 0 spiro atoms. The fourth-order valence-electron chi connectivity index (χ4n) is 4.08. The van der Waals surface area contributed by atoms with Gasteiger partial charge in [0.2, 0.25) is 5.82 Å². The molecular weight excluding hydrogens is 448 g/mol. The number of nitrogens with zero attached hydrogens (tertiary/aromatic N) is 3. The monoisotopic (exact) mass is 478 g/mol. The third-order valence-corrected chi connectivity index (χ3v) is 6.39. The number of allylic oxidation sites excluding steroid dienone is 1. The minimum atomic E-state index is -0.193. The Bertz CT molecular complexity index is 1160. The van der Waals surface area contributed by atoms with Crippen LogP contribution in [0.5, 0.6) is 5.75 Å². The van der Waals surface area contributed by atoms with E-state index in [2.05, 4.69) is 53.5 Å². The SMILES string of the molecule is CCc1ccc(C2NC(=S)N(CCCOC)C(C)=C2c2nc(-c3ccc(OC)cc3)no2)cc1. The normalized spacial score (nSPS) is 16.1. The van der Waals surface area contributed by atoms with Crippen LogP contribution in [0.3, 0.4) is 0 Å². The van der Waals surface area contributed by atoms with Crippen molar-refractivity contribution >= 4 is 22.9 Å². The van der Waals surface area contributed by atoms with Crippen molar-refractivity contribution in [1.29, 1.82) is 0 Å². The molecule has 2 aromatic carbocycles. The quantitative estimate of drug-likeness (QED) is 0.340. The third-order valence-electron chi connectivity index (χ3n) is 6.05. The number of nitrogens with one attached hydrogen (secondary N) is 1. The smallest absolute Gasteiger partial charge is 0.258 e. The molecule has 0 aliphatic carbocycles. The Morgan fingerprint density at radius 3 is 2.47 bits per heavy atom. The molecule has 1 aliphatic heterocycles. The molecule has 2 heterocycles. The van der Waals surface area contributed by atoms with Crippen molar-refractivity contribution < 1.29 is 14.0 Å². The predicted octanol–water partition coefficient (Wildman–Crippen LogP) is 5.01. The van der Waals surface area contributed by atoms with Crippen molar-refractivity contribution in [3.63, 3.8) is 0 Å². The van der Waals surface area contributed by atoms with Gasteiger partial charge in [-0.25, -0.2) is 0 Å². The topological polar surface area (TPSA) is 72.7 Å². The van der Waals surface area contributed by atoms with Crippen molar-refractivity contribution in [1.82, 2.24) is 20.4 Å². The van der Waals surface area contributed by atoms with Crippen LogP contribution in [0.15, 0.2) is 58.8 Å². The number of thiocarbonyl (C=S) groups is 1. The Morgan fingerprint density at radius 1 is 1.09 bits per heavy atom. The summed E-state index contributed by atoms with van der Waals surface area (Å²) in [5.74, 6) is 1.77. The van der Waals surface area contributed by atoms with Crippen molar-refractivity contribution in [3.8, 4) is 17.1 Å². The molecule has 1 atom stereocenters. The van der Waals surface area contributed by atoms with Crippen molar-refractivity contribution in [2.45, 2.75) is 32.7 Å². The van der Waals surface area contributed by atoms with Gasteiger partial charge in [0.15, 0.2) is 5.11 Å². The summed E-state index contributed by atoms with van der Waals surface area (Å²) in [5.41, 5.74) is 5.14. The third kappa shape index (κ3) is 4.98. The molecular formula is C26H30N4O3S. The average molecular weight is 479 g/mol. The highest BCUT2D eigenvalue weighted by molar-refractivity contribution is 7.80. The van der Waals surface area contributed by atoms with E-state index in [0.717, 1.165) is 47.5 Å². The second kappa shape index (κ2) is 10.8. The van der Waals surface area contributed by atoms with E-state index < -0.39 is 0 Å². The van der Waals surface area contributed by atoms with E-state index in [1.54, 1.807) is 14.2 Å². The highest BCUT2D eigenvalue weighted by atomic mass is 32.1. The maximum atomic E-state index is 5.81. The van der Waals surface area contributed by atoms with Gasteiger partial charge in [-0.1, -0.05) is 36.3 Å². The summed E-state index contributed by atoms with van der Waals surface area (Å²) < 4.78 is 16.3. The van der Waals surface area contributed by atoms with Gasteiger partial charge in [-0.05, 0) is 67.4 Å². The van der Waals surface area contributed by atoms with Gasteiger partial charge in [0.05, 0.1) is 18.7 Å². The minimum Gasteiger partial charge on any atom is -0.497 e. The van der Waals surface area contributed by atoms with Crippen molar-refractivity contribution in [2.24, 2.45) is 0 Å². The van der Waals surface area contributed by atoms with Gasteiger partial charge in [0.1, 0.15) is 5.75 Å². The first-order chi connectivity index (χ1) is 16.5. The number of aromatic nitrogens is 2. The number of hydrogen-bond donors (Lipinski definition) is 1. The van der Waals surface area contributed by atoms with Crippen LogP contribution in [-0.2, 0) is 11.2 Å². The first-order valence-corrected chi connectivity index (χ1v) is 11.8. The summed E-state index contributed by atoms with van der Waals surface area (Å²) in [4.78, 5) is 6.85. The summed E-state index contributed by atoms with van der Waals surface area (Å²) in [6.45, 7) is 5.59. The van der Waals surface area contributed by atoms with Crippen molar-refractivity contribution in [3.05, 3.63) is 71.2 Å². The van der Waals surface area contributed by atoms with E-state index in [9.17, 15) is 0 Å². The molecule has 0 fully saturated rings. The molecule has 0 radical (unpaired) electrons. The van der Waals surface area contributed by atoms with Gasteiger partial charge < -0.3 is 24.2 Å². The zero-order chi connectivity index (χ0) is 24.1. The molecule has 8 heteroatoms. The lowest BCUT2D eigenvalue weighted by Gasteiger charge is -2.37. The van der Waals surface area contributed by atoms with Crippen LogP contribution in [0.25, 0.3) is 17.0 Å². The molecule has 4 rings (SSSR count). The van der Waals surface area contributed by atoms with Crippen LogP contribution in [0.4, 0.5) is 0 Å². The lowest BCUT2D eigenvalue weighted by molar-refractivity contribution is 0.188. The first-order valence-electron chi connectivity index (χ1n) is 11.4. The summed E-state index contributed by atoms with van der Waals surface area (Å²) >= 11 is 5.75. The van der Waals surface area contributed by atoms with E-state index >= 15 is 0 Å². The van der Waals surface area contributed by atoms with Gasteiger partial charge in [0, 0.05) is 31.5 Å². The number of ether oxygens (including phenoxy) is 2. The number of benzene rings is 2. The molecule has 0 bridgehead atoms. The number of hydrogen-bond acceptors (Lipinski definition) is 6. The molecule has 0 saturated heterocycles. The first kappa shape index (κ1) is 23.9.